The molecular weight excluding hydrogens is 268 g/mol. The number of carbonyl (C=O) groups is 1. The van der Waals surface area contributed by atoms with Crippen LogP contribution in [0.15, 0.2) is 55.1 Å². The third-order valence-electron chi connectivity index (χ3n) is 2.94. The molecule has 6 heteroatoms. The molecule has 0 unspecified atom stereocenters. The van der Waals surface area contributed by atoms with Crippen LogP contribution in [0, 0.1) is 0 Å². The Balaban J connectivity index is 1.95. The molecule has 2 heterocycles. The summed E-state index contributed by atoms with van der Waals surface area (Å²) in [6.45, 7) is 0. The summed E-state index contributed by atoms with van der Waals surface area (Å²) in [7, 11) is 1.30. The van der Waals surface area contributed by atoms with Gasteiger partial charge in [-0.2, -0.15) is 5.10 Å². The van der Waals surface area contributed by atoms with Crippen LogP contribution in [0.5, 0.6) is 0 Å². The number of benzene rings is 1. The second kappa shape index (κ2) is 5.54. The molecule has 2 aromatic heterocycles. The Kier molecular flexibility index (Phi) is 3.42. The van der Waals surface area contributed by atoms with Gasteiger partial charge in [0.05, 0.1) is 25.7 Å². The predicted octanol–water partition coefficient (Wildman–Crippen LogP) is 2.12. The van der Waals surface area contributed by atoms with E-state index in [9.17, 15) is 4.79 Å². The maximum atomic E-state index is 11.5. The fourth-order valence-electron chi connectivity index (χ4n) is 1.90. The minimum Gasteiger partial charge on any atom is -0.464 e. The maximum absolute atomic E-state index is 11.5. The monoisotopic (exact) mass is 280 g/mol. The first-order chi connectivity index (χ1) is 10.3. The summed E-state index contributed by atoms with van der Waals surface area (Å²) < 4.78 is 6.20. The number of rotatable bonds is 3. The topological polar surface area (TPSA) is 69.9 Å². The first kappa shape index (κ1) is 13.0. The van der Waals surface area contributed by atoms with Gasteiger partial charge in [-0.05, 0) is 5.56 Å². The molecule has 0 amide bonds. The highest BCUT2D eigenvalue weighted by molar-refractivity contribution is 5.86. The van der Waals surface area contributed by atoms with Crippen molar-refractivity contribution >= 4 is 5.97 Å². The first-order valence-electron chi connectivity index (χ1n) is 6.29. The Bertz CT molecular complexity index is 768. The van der Waals surface area contributed by atoms with E-state index in [4.69, 9.17) is 0 Å². The molecule has 6 nitrogen and oxygen atoms in total. The fraction of sp³-hybridized carbons (Fsp3) is 0.0667. The lowest BCUT2D eigenvalue weighted by Gasteiger charge is -2.02. The van der Waals surface area contributed by atoms with Gasteiger partial charge in [-0.15, -0.1) is 0 Å². The largest absolute Gasteiger partial charge is 0.464 e. The summed E-state index contributed by atoms with van der Waals surface area (Å²) in [5.41, 5.74) is 2.16. The molecular formula is C15H12N4O2. The van der Waals surface area contributed by atoms with Crippen molar-refractivity contribution in [3.05, 3.63) is 60.8 Å². The van der Waals surface area contributed by atoms with Crippen LogP contribution < -0.4 is 0 Å². The molecule has 0 aliphatic carbocycles. The molecule has 0 atom stereocenters. The zero-order chi connectivity index (χ0) is 14.7. The second-order valence-corrected chi connectivity index (χ2v) is 4.29. The molecule has 21 heavy (non-hydrogen) atoms. The Morgan fingerprint density at radius 2 is 1.90 bits per heavy atom. The molecule has 104 valence electrons. The van der Waals surface area contributed by atoms with Crippen molar-refractivity contribution in [2.45, 2.75) is 0 Å². The molecule has 0 spiro atoms. The van der Waals surface area contributed by atoms with Crippen molar-refractivity contribution in [1.29, 1.82) is 0 Å². The molecule has 0 bridgehead atoms. The lowest BCUT2D eigenvalue weighted by molar-refractivity contribution is 0.0593. The Morgan fingerprint density at radius 3 is 2.67 bits per heavy atom. The van der Waals surface area contributed by atoms with Crippen LogP contribution in [0.25, 0.3) is 16.9 Å². The minimum absolute atomic E-state index is 0.145. The van der Waals surface area contributed by atoms with Gasteiger partial charge in [0.2, 0.25) is 0 Å². The zero-order valence-electron chi connectivity index (χ0n) is 11.3. The van der Waals surface area contributed by atoms with E-state index in [0.29, 0.717) is 5.82 Å². The average molecular weight is 280 g/mol. The van der Waals surface area contributed by atoms with E-state index in [1.807, 2.05) is 36.5 Å². The number of hydrogen-bond donors (Lipinski definition) is 0. The molecule has 3 aromatic rings. The second-order valence-electron chi connectivity index (χ2n) is 4.29. The van der Waals surface area contributed by atoms with Crippen molar-refractivity contribution in [3.63, 3.8) is 0 Å². The van der Waals surface area contributed by atoms with E-state index in [0.717, 1.165) is 11.1 Å². The van der Waals surface area contributed by atoms with E-state index in [-0.39, 0.29) is 5.69 Å². The van der Waals surface area contributed by atoms with Gasteiger partial charge in [0.15, 0.2) is 11.5 Å². The van der Waals surface area contributed by atoms with Crippen LogP contribution in [0.2, 0.25) is 0 Å². The number of methoxy groups -OCH3 is 1. The first-order valence-corrected chi connectivity index (χ1v) is 6.29. The normalized spacial score (nSPS) is 10.3. The average Bonchev–Trinajstić information content (AvgIpc) is 3.05. The van der Waals surface area contributed by atoms with Crippen LogP contribution >= 0.6 is 0 Å². The van der Waals surface area contributed by atoms with Gasteiger partial charge >= 0.3 is 5.97 Å². The smallest absolute Gasteiger partial charge is 0.358 e. The number of ether oxygens (including phenoxy) is 1. The molecule has 0 radical (unpaired) electrons. The zero-order valence-corrected chi connectivity index (χ0v) is 11.3. The summed E-state index contributed by atoms with van der Waals surface area (Å²) in [5.74, 6) is -0.0696. The molecule has 0 saturated heterocycles. The van der Waals surface area contributed by atoms with Crippen molar-refractivity contribution in [3.8, 4) is 16.9 Å². The SMILES string of the molecule is COC(=O)c1cncc(-n2cc(-c3ccccc3)cn2)n1. The highest BCUT2D eigenvalue weighted by atomic mass is 16.5. The molecule has 0 fully saturated rings. The summed E-state index contributed by atoms with van der Waals surface area (Å²) in [4.78, 5) is 19.6. The van der Waals surface area contributed by atoms with Crippen LogP contribution in [-0.4, -0.2) is 32.8 Å². The third-order valence-corrected chi connectivity index (χ3v) is 2.94. The quantitative estimate of drug-likeness (QED) is 0.687. The van der Waals surface area contributed by atoms with E-state index >= 15 is 0 Å². The predicted molar refractivity (Wildman–Crippen MR) is 75.9 cm³/mol. The number of aromatic nitrogens is 4. The highest BCUT2D eigenvalue weighted by Gasteiger charge is 2.10. The van der Waals surface area contributed by atoms with E-state index in [1.165, 1.54) is 19.5 Å². The van der Waals surface area contributed by atoms with Crippen LogP contribution in [0.1, 0.15) is 10.5 Å². The van der Waals surface area contributed by atoms with E-state index in [2.05, 4.69) is 19.8 Å². The molecule has 0 aliphatic heterocycles. The third kappa shape index (κ3) is 2.64. The number of nitrogens with zero attached hydrogens (tertiary/aromatic N) is 4. The molecule has 1 aromatic carbocycles. The maximum Gasteiger partial charge on any atom is 0.358 e. The van der Waals surface area contributed by atoms with Gasteiger partial charge in [0, 0.05) is 11.8 Å². The van der Waals surface area contributed by atoms with Crippen molar-refractivity contribution in [2.75, 3.05) is 7.11 Å². The summed E-state index contributed by atoms with van der Waals surface area (Å²) >= 11 is 0. The van der Waals surface area contributed by atoms with Crippen molar-refractivity contribution in [1.82, 2.24) is 19.7 Å². The van der Waals surface area contributed by atoms with Gasteiger partial charge in [-0.25, -0.2) is 14.5 Å². The van der Waals surface area contributed by atoms with Crippen molar-refractivity contribution in [2.24, 2.45) is 0 Å². The minimum atomic E-state index is -0.528. The lowest BCUT2D eigenvalue weighted by Crippen LogP contribution is -2.08. The number of esters is 1. The number of hydrogen-bond acceptors (Lipinski definition) is 5. The van der Waals surface area contributed by atoms with Crippen LogP contribution in [0.3, 0.4) is 0 Å². The molecule has 0 aliphatic rings. The van der Waals surface area contributed by atoms with Gasteiger partial charge in [-0.1, -0.05) is 30.3 Å². The standard InChI is InChI=1S/C15H12N4O2/c1-21-15(20)13-8-16-9-14(18-13)19-10-12(7-17-19)11-5-3-2-4-6-11/h2-10H,1H3. The van der Waals surface area contributed by atoms with Crippen LogP contribution in [0.4, 0.5) is 0 Å². The number of carbonyl (C=O) groups excluding carboxylic acids is 1. The Morgan fingerprint density at radius 1 is 1.10 bits per heavy atom. The summed E-state index contributed by atoms with van der Waals surface area (Å²) in [5, 5.41) is 4.25. The van der Waals surface area contributed by atoms with Gasteiger partial charge in [0.1, 0.15) is 0 Å². The van der Waals surface area contributed by atoms with E-state index < -0.39 is 5.97 Å². The molecule has 3 rings (SSSR count). The lowest BCUT2D eigenvalue weighted by atomic mass is 10.1. The summed E-state index contributed by atoms with van der Waals surface area (Å²) in [6, 6.07) is 9.88. The Hall–Kier alpha value is -3.02. The van der Waals surface area contributed by atoms with Crippen molar-refractivity contribution < 1.29 is 9.53 Å². The molecule has 0 N–H and O–H groups in total. The van der Waals surface area contributed by atoms with Crippen LogP contribution in [-0.2, 0) is 4.74 Å². The highest BCUT2D eigenvalue weighted by Crippen LogP contribution is 2.18. The van der Waals surface area contributed by atoms with Gasteiger partial charge in [-0.3, -0.25) is 4.98 Å². The van der Waals surface area contributed by atoms with Gasteiger partial charge < -0.3 is 4.74 Å². The van der Waals surface area contributed by atoms with E-state index in [1.54, 1.807) is 10.9 Å². The fourth-order valence-corrected chi connectivity index (χ4v) is 1.90. The molecule has 0 saturated carbocycles. The van der Waals surface area contributed by atoms with Gasteiger partial charge in [0.25, 0.3) is 0 Å². The Labute approximate surface area is 121 Å². The summed E-state index contributed by atoms with van der Waals surface area (Å²) in [6.07, 6.45) is 6.47.